The van der Waals surface area contributed by atoms with E-state index in [-0.39, 0.29) is 37.2 Å². The minimum absolute atomic E-state index is 0.197. The van der Waals surface area contributed by atoms with Crippen LogP contribution in [0.3, 0.4) is 0 Å². The average Bonchev–Trinajstić information content (AvgIpc) is 2.60. The largest absolute Gasteiger partial charge is 0.396 e. The fraction of sp³-hybridized carbons (Fsp3) is 1.00. The number of ether oxygens (including phenoxy) is 1. The predicted octanol–water partition coefficient (Wildman–Crippen LogP) is -2.16. The Morgan fingerprint density at radius 2 is 1.31 bits per heavy atom. The van der Waals surface area contributed by atoms with E-state index in [2.05, 4.69) is 0 Å². The summed E-state index contributed by atoms with van der Waals surface area (Å²) in [4.78, 5) is 0. The highest BCUT2D eigenvalue weighted by Gasteiger charge is 2.57. The molecule has 0 amide bonds. The first-order valence-corrected chi connectivity index (χ1v) is 9.53. The Hall–Kier alpha value is -0.320. The topological polar surface area (TPSA) is 151 Å². The molecule has 7 N–H and O–H groups in total. The van der Waals surface area contributed by atoms with Crippen LogP contribution in [0.4, 0.5) is 0 Å². The van der Waals surface area contributed by atoms with Gasteiger partial charge in [0.25, 0.3) is 0 Å². The van der Waals surface area contributed by atoms with Gasteiger partial charge in [0.15, 0.2) is 0 Å². The third-order valence-electron chi connectivity index (χ3n) is 7.06. The smallest absolute Gasteiger partial charge is 0.106 e. The SMILES string of the molecule is CC1C(O)C(CO)C(O)C2C(C)C(O)C(C3CC(O)C(O)C(O)C3)OC12. The van der Waals surface area contributed by atoms with E-state index in [1.165, 1.54) is 0 Å². The average molecular weight is 376 g/mol. The summed E-state index contributed by atoms with van der Waals surface area (Å²) < 4.78 is 6.13. The van der Waals surface area contributed by atoms with Crippen LogP contribution in [0.1, 0.15) is 26.7 Å². The van der Waals surface area contributed by atoms with Crippen molar-refractivity contribution in [3.8, 4) is 0 Å². The van der Waals surface area contributed by atoms with Crippen molar-refractivity contribution < 1.29 is 40.5 Å². The van der Waals surface area contributed by atoms with E-state index >= 15 is 0 Å². The third kappa shape index (κ3) is 3.20. The lowest BCUT2D eigenvalue weighted by atomic mass is 9.62. The van der Waals surface area contributed by atoms with Crippen molar-refractivity contribution in [3.63, 3.8) is 0 Å². The Morgan fingerprint density at radius 3 is 1.85 bits per heavy atom. The van der Waals surface area contributed by atoms with E-state index in [0.29, 0.717) is 0 Å². The second-order valence-corrected chi connectivity index (χ2v) is 8.54. The molecule has 2 aliphatic carbocycles. The monoisotopic (exact) mass is 376 g/mol. The van der Waals surface area contributed by atoms with Crippen molar-refractivity contribution in [2.24, 2.45) is 29.6 Å². The van der Waals surface area contributed by atoms with Gasteiger partial charge in [0.1, 0.15) is 6.10 Å². The molecule has 0 aromatic carbocycles. The van der Waals surface area contributed by atoms with Crippen molar-refractivity contribution in [3.05, 3.63) is 0 Å². The third-order valence-corrected chi connectivity index (χ3v) is 7.06. The molecular weight excluding hydrogens is 344 g/mol. The molecule has 0 spiro atoms. The van der Waals surface area contributed by atoms with Crippen LogP contribution in [-0.2, 0) is 4.74 Å². The van der Waals surface area contributed by atoms with Gasteiger partial charge in [-0.25, -0.2) is 0 Å². The molecule has 11 atom stereocenters. The maximum Gasteiger partial charge on any atom is 0.106 e. The molecule has 0 radical (unpaired) electrons. The molecule has 0 bridgehead atoms. The van der Waals surface area contributed by atoms with Gasteiger partial charge >= 0.3 is 0 Å². The maximum atomic E-state index is 10.8. The van der Waals surface area contributed by atoms with Crippen LogP contribution in [0.5, 0.6) is 0 Å². The zero-order valence-electron chi connectivity index (χ0n) is 15.2. The number of fused-ring (bicyclic) bond motifs is 1. The molecule has 1 aliphatic heterocycles. The Kier molecular flexibility index (Phi) is 5.97. The number of hydrogen-bond acceptors (Lipinski definition) is 8. The fourth-order valence-corrected chi connectivity index (χ4v) is 5.36. The summed E-state index contributed by atoms with van der Waals surface area (Å²) in [5.41, 5.74) is 0. The molecule has 11 unspecified atom stereocenters. The summed E-state index contributed by atoms with van der Waals surface area (Å²) in [5.74, 6) is -2.16. The highest BCUT2D eigenvalue weighted by molar-refractivity contribution is 5.05. The maximum absolute atomic E-state index is 10.8. The van der Waals surface area contributed by atoms with Gasteiger partial charge in [-0.3, -0.25) is 0 Å². The lowest BCUT2D eigenvalue weighted by molar-refractivity contribution is -0.270. The highest BCUT2D eigenvalue weighted by atomic mass is 16.5. The first-order chi connectivity index (χ1) is 12.2. The van der Waals surface area contributed by atoms with Gasteiger partial charge in [0.05, 0.1) is 49.3 Å². The Morgan fingerprint density at radius 1 is 0.731 bits per heavy atom. The van der Waals surface area contributed by atoms with Gasteiger partial charge in [-0.15, -0.1) is 0 Å². The zero-order chi connectivity index (χ0) is 19.3. The Labute approximate surface area is 153 Å². The molecule has 3 fully saturated rings. The molecule has 152 valence electrons. The minimum atomic E-state index is -1.21. The molecule has 0 aromatic heterocycles. The summed E-state index contributed by atoms with van der Waals surface area (Å²) in [6.07, 6.45) is -7.02. The normalized spacial score (nSPS) is 58.3. The molecule has 8 heteroatoms. The van der Waals surface area contributed by atoms with Crippen molar-refractivity contribution in [2.75, 3.05) is 6.61 Å². The minimum Gasteiger partial charge on any atom is -0.396 e. The van der Waals surface area contributed by atoms with E-state index in [9.17, 15) is 35.7 Å². The highest BCUT2D eigenvalue weighted by Crippen LogP contribution is 2.47. The van der Waals surface area contributed by atoms with E-state index in [4.69, 9.17) is 4.74 Å². The van der Waals surface area contributed by atoms with E-state index in [1.807, 2.05) is 6.92 Å². The van der Waals surface area contributed by atoms with Crippen molar-refractivity contribution in [1.82, 2.24) is 0 Å². The van der Waals surface area contributed by atoms with Crippen LogP contribution in [0.2, 0.25) is 0 Å². The molecule has 0 aromatic rings. The van der Waals surface area contributed by atoms with Gasteiger partial charge in [-0.2, -0.15) is 0 Å². The Balaban J connectivity index is 1.83. The fourth-order valence-electron chi connectivity index (χ4n) is 5.36. The van der Waals surface area contributed by atoms with Gasteiger partial charge in [-0.05, 0) is 24.7 Å². The summed E-state index contributed by atoms with van der Waals surface area (Å²) in [6.45, 7) is 3.26. The number of aliphatic hydroxyl groups is 7. The number of hydrogen-bond donors (Lipinski definition) is 7. The van der Waals surface area contributed by atoms with Crippen molar-refractivity contribution in [2.45, 2.75) is 75.5 Å². The second-order valence-electron chi connectivity index (χ2n) is 8.54. The lowest BCUT2D eigenvalue weighted by Crippen LogP contribution is -2.65. The summed E-state index contributed by atoms with van der Waals surface area (Å²) in [5, 5.41) is 71.1. The molecule has 1 saturated heterocycles. The van der Waals surface area contributed by atoms with Gasteiger partial charge < -0.3 is 40.5 Å². The lowest BCUT2D eigenvalue weighted by Gasteiger charge is -2.56. The van der Waals surface area contributed by atoms with Crippen LogP contribution in [-0.4, -0.2) is 91.2 Å². The van der Waals surface area contributed by atoms with Crippen LogP contribution >= 0.6 is 0 Å². The molecule has 2 saturated carbocycles. The first kappa shape index (κ1) is 20.4. The van der Waals surface area contributed by atoms with Crippen LogP contribution in [0, 0.1) is 29.6 Å². The standard InChI is InChI=1S/C18H32O8/c1-6-12-15(24)9(5-19)13(22)7(2)17(12)26-18(14(6)23)8-3-10(20)16(25)11(21)4-8/h6-25H,3-5H2,1-2H3. The number of aliphatic hydroxyl groups excluding tert-OH is 7. The number of rotatable bonds is 2. The summed E-state index contributed by atoms with van der Waals surface area (Å²) in [6, 6.07) is 0. The van der Waals surface area contributed by atoms with Gasteiger partial charge in [0, 0.05) is 17.8 Å². The van der Waals surface area contributed by atoms with Crippen molar-refractivity contribution >= 4 is 0 Å². The van der Waals surface area contributed by atoms with E-state index in [1.54, 1.807) is 6.92 Å². The van der Waals surface area contributed by atoms with Crippen LogP contribution < -0.4 is 0 Å². The van der Waals surface area contributed by atoms with Crippen molar-refractivity contribution in [1.29, 1.82) is 0 Å². The quantitative estimate of drug-likeness (QED) is 0.288. The van der Waals surface area contributed by atoms with Crippen LogP contribution in [0.15, 0.2) is 0 Å². The molecule has 1 heterocycles. The van der Waals surface area contributed by atoms with Gasteiger partial charge in [0.2, 0.25) is 0 Å². The van der Waals surface area contributed by atoms with Crippen LogP contribution in [0.25, 0.3) is 0 Å². The molecule has 3 aliphatic rings. The second kappa shape index (κ2) is 7.60. The van der Waals surface area contributed by atoms with Gasteiger partial charge in [-0.1, -0.05) is 13.8 Å². The summed E-state index contributed by atoms with van der Waals surface area (Å²) >= 11 is 0. The van der Waals surface area contributed by atoms with E-state index < -0.39 is 60.7 Å². The molecule has 26 heavy (non-hydrogen) atoms. The van der Waals surface area contributed by atoms with E-state index in [0.717, 1.165) is 0 Å². The molecule has 8 nitrogen and oxygen atoms in total. The zero-order valence-corrected chi connectivity index (χ0v) is 15.2. The predicted molar refractivity (Wildman–Crippen MR) is 89.8 cm³/mol. The molecule has 3 rings (SSSR count). The summed E-state index contributed by atoms with van der Waals surface area (Å²) in [7, 11) is 0. The Bertz CT molecular complexity index is 478. The molecular formula is C18H32O8. The first-order valence-electron chi connectivity index (χ1n) is 9.53.